The summed E-state index contributed by atoms with van der Waals surface area (Å²) in [7, 11) is -3.23. The van der Waals surface area contributed by atoms with E-state index in [9.17, 15) is 13.2 Å². The van der Waals surface area contributed by atoms with E-state index in [1.54, 1.807) is 24.3 Å². The molecule has 2 aromatic carbocycles. The van der Waals surface area contributed by atoms with Gasteiger partial charge in [-0.05, 0) is 42.7 Å². The third-order valence-corrected chi connectivity index (χ3v) is 5.95. The number of benzene rings is 2. The van der Waals surface area contributed by atoms with E-state index in [0.717, 1.165) is 11.1 Å². The van der Waals surface area contributed by atoms with Crippen molar-refractivity contribution in [1.82, 2.24) is 0 Å². The lowest BCUT2D eigenvalue weighted by Gasteiger charge is -2.17. The maximum Gasteiger partial charge on any atom is 0.248 e. The second-order valence-corrected chi connectivity index (χ2v) is 7.99. The van der Waals surface area contributed by atoms with Crippen molar-refractivity contribution in [3.8, 4) is 0 Å². The van der Waals surface area contributed by atoms with E-state index in [1.807, 2.05) is 37.3 Å². The minimum absolute atomic E-state index is 0.169. The number of rotatable bonds is 4. The van der Waals surface area contributed by atoms with Gasteiger partial charge < -0.3 is 5.32 Å². The Bertz CT molecular complexity index is 905. The molecule has 5 nitrogen and oxygen atoms in total. The summed E-state index contributed by atoms with van der Waals surface area (Å²) < 4.78 is 25.5. The Morgan fingerprint density at radius 3 is 2.56 bits per heavy atom. The molecule has 1 aliphatic heterocycles. The summed E-state index contributed by atoms with van der Waals surface area (Å²) in [5.74, 6) is -0.0782. The third kappa shape index (κ3) is 4.09. The number of allylic oxidation sites excluding steroid dienone is 1. The molecule has 25 heavy (non-hydrogen) atoms. The average molecular weight is 356 g/mol. The van der Waals surface area contributed by atoms with E-state index in [0.29, 0.717) is 24.3 Å². The van der Waals surface area contributed by atoms with Crippen LogP contribution in [-0.2, 0) is 14.8 Å². The Morgan fingerprint density at radius 1 is 1.12 bits per heavy atom. The maximum atomic E-state index is 12.2. The molecule has 1 aliphatic rings. The molecule has 1 saturated heterocycles. The standard InChI is InChI=1S/C19H20N2O3S/c1-15(16-7-3-2-4-8-16)13-19(22)20-17-9-5-10-18(14-17)21-11-6-12-25(21,23)24/h2-5,7-10,13-14H,6,11-12H2,1H3,(H,20,22)/b15-13+. The number of sulfonamides is 1. The molecule has 1 heterocycles. The lowest BCUT2D eigenvalue weighted by molar-refractivity contribution is -0.111. The van der Waals surface area contributed by atoms with E-state index in [2.05, 4.69) is 5.32 Å². The molecule has 130 valence electrons. The molecule has 0 aromatic heterocycles. The number of anilines is 2. The van der Waals surface area contributed by atoms with Gasteiger partial charge in [0.05, 0.1) is 11.4 Å². The lowest BCUT2D eigenvalue weighted by atomic mass is 10.1. The van der Waals surface area contributed by atoms with E-state index >= 15 is 0 Å². The van der Waals surface area contributed by atoms with Gasteiger partial charge in [0.2, 0.25) is 15.9 Å². The van der Waals surface area contributed by atoms with Crippen LogP contribution in [0.4, 0.5) is 11.4 Å². The summed E-state index contributed by atoms with van der Waals surface area (Å²) in [6.45, 7) is 2.36. The number of nitrogens with zero attached hydrogens (tertiary/aromatic N) is 1. The highest BCUT2D eigenvalue weighted by molar-refractivity contribution is 7.93. The van der Waals surface area contributed by atoms with Crippen LogP contribution in [0.1, 0.15) is 18.9 Å². The number of hydrogen-bond donors (Lipinski definition) is 1. The van der Waals surface area contributed by atoms with Crippen LogP contribution in [0, 0.1) is 0 Å². The zero-order valence-electron chi connectivity index (χ0n) is 14.0. The monoisotopic (exact) mass is 356 g/mol. The Balaban J connectivity index is 1.75. The van der Waals surface area contributed by atoms with Crippen molar-refractivity contribution < 1.29 is 13.2 Å². The van der Waals surface area contributed by atoms with Crippen LogP contribution in [0.3, 0.4) is 0 Å². The van der Waals surface area contributed by atoms with Gasteiger partial charge in [0.1, 0.15) is 0 Å². The van der Waals surface area contributed by atoms with Gasteiger partial charge >= 0.3 is 0 Å². The third-order valence-electron chi connectivity index (χ3n) is 4.08. The van der Waals surface area contributed by atoms with E-state index in [4.69, 9.17) is 0 Å². The molecule has 0 radical (unpaired) electrons. The first-order valence-corrected chi connectivity index (χ1v) is 9.72. The van der Waals surface area contributed by atoms with Gasteiger partial charge in [0, 0.05) is 18.3 Å². The van der Waals surface area contributed by atoms with Gasteiger partial charge in [0.15, 0.2) is 0 Å². The minimum atomic E-state index is -3.23. The number of carbonyl (C=O) groups is 1. The van der Waals surface area contributed by atoms with E-state index < -0.39 is 10.0 Å². The number of nitrogens with one attached hydrogen (secondary N) is 1. The van der Waals surface area contributed by atoms with Crippen LogP contribution in [0.2, 0.25) is 0 Å². The highest BCUT2D eigenvalue weighted by Crippen LogP contribution is 2.26. The first-order valence-electron chi connectivity index (χ1n) is 8.11. The van der Waals surface area contributed by atoms with Crippen molar-refractivity contribution in [3.05, 3.63) is 66.2 Å². The van der Waals surface area contributed by atoms with Crippen LogP contribution in [0.25, 0.3) is 5.57 Å². The predicted octanol–water partition coefficient (Wildman–Crippen LogP) is 3.27. The summed E-state index contributed by atoms with van der Waals surface area (Å²) in [5, 5.41) is 2.80. The van der Waals surface area contributed by atoms with Crippen LogP contribution < -0.4 is 9.62 Å². The van der Waals surface area contributed by atoms with Crippen molar-refractivity contribution in [3.63, 3.8) is 0 Å². The van der Waals surface area contributed by atoms with Gasteiger partial charge in [-0.2, -0.15) is 0 Å². The van der Waals surface area contributed by atoms with E-state index in [1.165, 1.54) is 10.4 Å². The number of amides is 1. The summed E-state index contributed by atoms with van der Waals surface area (Å²) in [4.78, 5) is 12.2. The van der Waals surface area contributed by atoms with Crippen LogP contribution >= 0.6 is 0 Å². The number of carbonyl (C=O) groups excluding carboxylic acids is 1. The maximum absolute atomic E-state index is 12.2. The zero-order chi connectivity index (χ0) is 17.9. The van der Waals surface area contributed by atoms with Crippen LogP contribution in [0.15, 0.2) is 60.7 Å². The summed E-state index contributed by atoms with van der Waals surface area (Å²) in [5.41, 5.74) is 2.99. The van der Waals surface area contributed by atoms with Gasteiger partial charge in [-0.3, -0.25) is 9.10 Å². The van der Waals surface area contributed by atoms with Crippen molar-refractivity contribution in [2.45, 2.75) is 13.3 Å². The van der Waals surface area contributed by atoms with Crippen molar-refractivity contribution in [1.29, 1.82) is 0 Å². The van der Waals surface area contributed by atoms with Gasteiger partial charge in [-0.15, -0.1) is 0 Å². The topological polar surface area (TPSA) is 66.5 Å². The van der Waals surface area contributed by atoms with Gasteiger partial charge in [-0.25, -0.2) is 8.42 Å². The predicted molar refractivity (Wildman–Crippen MR) is 101 cm³/mol. The quantitative estimate of drug-likeness (QED) is 0.855. The molecule has 0 aliphatic carbocycles. The number of hydrogen-bond acceptors (Lipinski definition) is 3. The molecule has 1 N–H and O–H groups in total. The summed E-state index contributed by atoms with van der Waals surface area (Å²) in [6.07, 6.45) is 2.16. The zero-order valence-corrected chi connectivity index (χ0v) is 14.8. The second-order valence-electron chi connectivity index (χ2n) is 5.97. The SMILES string of the molecule is C/C(=C\C(=O)Nc1cccc(N2CCCS2(=O)=O)c1)c1ccccc1. The lowest BCUT2D eigenvalue weighted by Crippen LogP contribution is -2.25. The fraction of sp³-hybridized carbons (Fsp3) is 0.211. The Morgan fingerprint density at radius 2 is 1.88 bits per heavy atom. The van der Waals surface area contributed by atoms with E-state index in [-0.39, 0.29) is 11.7 Å². The fourth-order valence-corrected chi connectivity index (χ4v) is 4.38. The molecule has 3 rings (SSSR count). The van der Waals surface area contributed by atoms with Crippen molar-refractivity contribution >= 4 is 32.9 Å². The fourth-order valence-electron chi connectivity index (χ4n) is 2.83. The molecule has 0 spiro atoms. The highest BCUT2D eigenvalue weighted by Gasteiger charge is 2.28. The molecule has 0 atom stereocenters. The molecule has 0 saturated carbocycles. The molecule has 6 heteroatoms. The largest absolute Gasteiger partial charge is 0.322 e. The second kappa shape index (κ2) is 7.11. The molecular weight excluding hydrogens is 336 g/mol. The first-order chi connectivity index (χ1) is 12.0. The average Bonchev–Trinajstić information content (AvgIpc) is 2.95. The van der Waals surface area contributed by atoms with Crippen molar-refractivity contribution in [2.24, 2.45) is 0 Å². The Labute approximate surface area is 148 Å². The van der Waals surface area contributed by atoms with Crippen molar-refractivity contribution in [2.75, 3.05) is 21.9 Å². The normalized spacial score (nSPS) is 16.7. The Hall–Kier alpha value is -2.60. The summed E-state index contributed by atoms with van der Waals surface area (Å²) in [6, 6.07) is 16.6. The minimum Gasteiger partial charge on any atom is -0.322 e. The molecule has 2 aromatic rings. The molecule has 0 unspecified atom stereocenters. The summed E-state index contributed by atoms with van der Waals surface area (Å²) >= 11 is 0. The first kappa shape index (κ1) is 17.2. The van der Waals surface area contributed by atoms with Gasteiger partial charge in [-0.1, -0.05) is 36.4 Å². The van der Waals surface area contributed by atoms with Crippen LogP contribution in [0.5, 0.6) is 0 Å². The highest BCUT2D eigenvalue weighted by atomic mass is 32.2. The Kier molecular flexibility index (Phi) is 4.90. The van der Waals surface area contributed by atoms with Crippen LogP contribution in [-0.4, -0.2) is 26.6 Å². The molecular formula is C19H20N2O3S. The molecule has 1 amide bonds. The molecule has 1 fully saturated rings. The smallest absolute Gasteiger partial charge is 0.248 e. The van der Waals surface area contributed by atoms with Gasteiger partial charge in [0.25, 0.3) is 0 Å². The molecule has 0 bridgehead atoms.